The van der Waals surface area contributed by atoms with Gasteiger partial charge in [0.25, 0.3) is 0 Å². The Balaban J connectivity index is 1.90. The van der Waals surface area contributed by atoms with E-state index >= 15 is 0 Å². The van der Waals surface area contributed by atoms with Crippen molar-refractivity contribution in [3.8, 4) is 0 Å². The molecule has 6 heteroatoms. The van der Waals surface area contributed by atoms with E-state index in [0.29, 0.717) is 36.8 Å². The summed E-state index contributed by atoms with van der Waals surface area (Å²) < 4.78 is 19.3. The molecule has 1 heterocycles. The number of nitrogens with one attached hydrogen (secondary N) is 1. The van der Waals surface area contributed by atoms with E-state index in [9.17, 15) is 9.18 Å². The highest BCUT2D eigenvalue weighted by atomic mass is 35.5. The molecule has 1 unspecified atom stereocenters. The maximum absolute atomic E-state index is 13.8. The van der Waals surface area contributed by atoms with Crippen LogP contribution < -0.4 is 5.32 Å². The van der Waals surface area contributed by atoms with Crippen molar-refractivity contribution in [2.24, 2.45) is 0 Å². The van der Waals surface area contributed by atoms with Gasteiger partial charge in [0, 0.05) is 43.7 Å². The summed E-state index contributed by atoms with van der Waals surface area (Å²) in [6.45, 7) is 4.47. The van der Waals surface area contributed by atoms with E-state index in [-0.39, 0.29) is 17.8 Å². The average Bonchev–Trinajstić information content (AvgIpc) is 2.40. The Morgan fingerprint density at radius 1 is 1.60 bits per heavy atom. The van der Waals surface area contributed by atoms with Crippen molar-refractivity contribution in [1.29, 1.82) is 0 Å². The highest BCUT2D eigenvalue weighted by Crippen LogP contribution is 2.17. The minimum atomic E-state index is -0.289. The second kappa shape index (κ2) is 7.02. The fourth-order valence-corrected chi connectivity index (χ4v) is 2.35. The first-order chi connectivity index (χ1) is 9.54. The zero-order valence-corrected chi connectivity index (χ0v) is 12.1. The van der Waals surface area contributed by atoms with Crippen LogP contribution in [0, 0.1) is 5.82 Å². The molecular weight excluding hydrogens is 283 g/mol. The average molecular weight is 301 g/mol. The summed E-state index contributed by atoms with van der Waals surface area (Å²) in [6.07, 6.45) is -0.0528. The second-order valence-electron chi connectivity index (χ2n) is 4.90. The molecule has 1 aromatic rings. The van der Waals surface area contributed by atoms with Crippen LogP contribution in [0.25, 0.3) is 0 Å². The number of halogens is 2. The van der Waals surface area contributed by atoms with Crippen LogP contribution in [0.2, 0.25) is 5.02 Å². The fraction of sp³-hybridized carbons (Fsp3) is 0.500. The molecule has 1 atom stereocenters. The summed E-state index contributed by atoms with van der Waals surface area (Å²) in [5, 5.41) is 3.14. The molecule has 0 saturated carbocycles. The van der Waals surface area contributed by atoms with E-state index in [1.807, 2.05) is 0 Å². The lowest BCUT2D eigenvalue weighted by atomic mass is 10.1. The van der Waals surface area contributed by atoms with Crippen molar-refractivity contribution in [1.82, 2.24) is 10.2 Å². The molecule has 1 amide bonds. The highest BCUT2D eigenvalue weighted by molar-refractivity contribution is 6.30. The molecule has 0 bridgehead atoms. The molecule has 1 saturated heterocycles. The van der Waals surface area contributed by atoms with Gasteiger partial charge in [-0.3, -0.25) is 9.69 Å². The van der Waals surface area contributed by atoms with E-state index in [2.05, 4.69) is 10.2 Å². The molecule has 1 aromatic carbocycles. The van der Waals surface area contributed by atoms with Gasteiger partial charge < -0.3 is 10.1 Å². The molecule has 0 aliphatic carbocycles. The predicted molar refractivity (Wildman–Crippen MR) is 75.1 cm³/mol. The van der Waals surface area contributed by atoms with Crippen LogP contribution in [0.1, 0.15) is 12.5 Å². The fourth-order valence-electron chi connectivity index (χ4n) is 2.20. The van der Waals surface area contributed by atoms with Gasteiger partial charge in [0.15, 0.2) is 0 Å². The standard InChI is InChI=1S/C14H18ClFN2O2/c1-10(19)17-7-13-9-18(4-5-20-13)8-11-2-3-12(15)6-14(11)16/h2-3,6,13H,4-5,7-9H2,1H3,(H,17,19). The third kappa shape index (κ3) is 4.44. The summed E-state index contributed by atoms with van der Waals surface area (Å²) >= 11 is 5.74. The van der Waals surface area contributed by atoms with Crippen LogP contribution in [0.3, 0.4) is 0 Å². The van der Waals surface area contributed by atoms with E-state index in [1.165, 1.54) is 13.0 Å². The molecule has 1 aliphatic rings. The third-order valence-corrected chi connectivity index (χ3v) is 3.45. The number of morpholine rings is 1. The number of benzene rings is 1. The van der Waals surface area contributed by atoms with Crippen LogP contribution in [0.5, 0.6) is 0 Å². The SMILES string of the molecule is CC(=O)NCC1CN(Cc2ccc(Cl)cc2F)CCO1. The Kier molecular flexibility index (Phi) is 5.34. The van der Waals surface area contributed by atoms with Gasteiger partial charge in [0.1, 0.15) is 5.82 Å². The van der Waals surface area contributed by atoms with Crippen LogP contribution in [0.4, 0.5) is 4.39 Å². The number of nitrogens with zero attached hydrogens (tertiary/aromatic N) is 1. The van der Waals surface area contributed by atoms with Gasteiger partial charge in [-0.15, -0.1) is 0 Å². The van der Waals surface area contributed by atoms with Crippen molar-refractivity contribution in [3.63, 3.8) is 0 Å². The second-order valence-corrected chi connectivity index (χ2v) is 5.34. The zero-order chi connectivity index (χ0) is 14.5. The van der Waals surface area contributed by atoms with Crippen LogP contribution in [-0.2, 0) is 16.1 Å². The topological polar surface area (TPSA) is 41.6 Å². The van der Waals surface area contributed by atoms with Gasteiger partial charge in [-0.2, -0.15) is 0 Å². The summed E-state index contributed by atoms with van der Waals surface area (Å²) in [7, 11) is 0. The maximum Gasteiger partial charge on any atom is 0.216 e. The highest BCUT2D eigenvalue weighted by Gasteiger charge is 2.21. The molecule has 1 fully saturated rings. The van der Waals surface area contributed by atoms with Crippen LogP contribution in [-0.4, -0.2) is 43.2 Å². The van der Waals surface area contributed by atoms with Gasteiger partial charge in [0.05, 0.1) is 12.7 Å². The molecule has 1 aliphatic heterocycles. The summed E-state index contributed by atoms with van der Waals surface area (Å²) in [5.41, 5.74) is 0.620. The first-order valence-corrected chi connectivity index (χ1v) is 6.94. The van der Waals surface area contributed by atoms with Crippen molar-refractivity contribution in [2.75, 3.05) is 26.2 Å². The molecule has 0 radical (unpaired) electrons. The van der Waals surface area contributed by atoms with Gasteiger partial charge >= 0.3 is 0 Å². The molecule has 0 spiro atoms. The number of rotatable bonds is 4. The number of carbonyl (C=O) groups is 1. The van der Waals surface area contributed by atoms with E-state index in [1.54, 1.807) is 12.1 Å². The first kappa shape index (κ1) is 15.2. The Bertz CT molecular complexity index is 484. The molecule has 110 valence electrons. The largest absolute Gasteiger partial charge is 0.374 e. The number of ether oxygens (including phenoxy) is 1. The summed E-state index contributed by atoms with van der Waals surface area (Å²) in [4.78, 5) is 13.0. The van der Waals surface area contributed by atoms with Crippen molar-refractivity contribution in [2.45, 2.75) is 19.6 Å². The summed E-state index contributed by atoms with van der Waals surface area (Å²) in [5.74, 6) is -0.364. The molecule has 0 aromatic heterocycles. The Morgan fingerprint density at radius 3 is 3.10 bits per heavy atom. The lowest BCUT2D eigenvalue weighted by Gasteiger charge is -2.33. The maximum atomic E-state index is 13.8. The number of amides is 1. The van der Waals surface area contributed by atoms with E-state index in [4.69, 9.17) is 16.3 Å². The minimum Gasteiger partial charge on any atom is -0.374 e. The first-order valence-electron chi connectivity index (χ1n) is 6.57. The number of hydrogen-bond acceptors (Lipinski definition) is 3. The van der Waals surface area contributed by atoms with Gasteiger partial charge in [-0.25, -0.2) is 4.39 Å². The van der Waals surface area contributed by atoms with Crippen LogP contribution >= 0.6 is 11.6 Å². The molecule has 20 heavy (non-hydrogen) atoms. The predicted octanol–water partition coefficient (Wildman–Crippen LogP) is 1.82. The zero-order valence-electron chi connectivity index (χ0n) is 11.4. The minimum absolute atomic E-state index is 0.0528. The molecule has 4 nitrogen and oxygen atoms in total. The monoisotopic (exact) mass is 300 g/mol. The van der Waals surface area contributed by atoms with Gasteiger partial charge in [-0.1, -0.05) is 17.7 Å². The van der Waals surface area contributed by atoms with Gasteiger partial charge in [0.2, 0.25) is 5.91 Å². The van der Waals surface area contributed by atoms with Gasteiger partial charge in [-0.05, 0) is 12.1 Å². The lowest BCUT2D eigenvalue weighted by Crippen LogP contribution is -2.46. The number of hydrogen-bond donors (Lipinski definition) is 1. The van der Waals surface area contributed by atoms with Crippen molar-refractivity contribution in [3.05, 3.63) is 34.6 Å². The number of carbonyl (C=O) groups excluding carboxylic acids is 1. The van der Waals surface area contributed by atoms with E-state index in [0.717, 1.165) is 6.54 Å². The third-order valence-electron chi connectivity index (χ3n) is 3.21. The normalized spacial score (nSPS) is 19.9. The molecule has 1 N–H and O–H groups in total. The molecule has 2 rings (SSSR count). The van der Waals surface area contributed by atoms with Crippen molar-refractivity contribution < 1.29 is 13.9 Å². The van der Waals surface area contributed by atoms with Crippen LogP contribution in [0.15, 0.2) is 18.2 Å². The van der Waals surface area contributed by atoms with E-state index < -0.39 is 0 Å². The molecular formula is C14H18ClFN2O2. The smallest absolute Gasteiger partial charge is 0.216 e. The van der Waals surface area contributed by atoms with Crippen molar-refractivity contribution >= 4 is 17.5 Å². The Labute approximate surface area is 122 Å². The Hall–Kier alpha value is -1.17. The summed E-state index contributed by atoms with van der Waals surface area (Å²) in [6, 6.07) is 4.72. The quantitative estimate of drug-likeness (QED) is 0.922. The Morgan fingerprint density at radius 2 is 2.40 bits per heavy atom. The lowest BCUT2D eigenvalue weighted by molar-refractivity contribution is -0.120.